The predicted molar refractivity (Wildman–Crippen MR) is 63.7 cm³/mol. The van der Waals surface area contributed by atoms with E-state index in [1.807, 2.05) is 0 Å². The number of amides is 1. The van der Waals surface area contributed by atoms with Crippen LogP contribution in [0.4, 0.5) is 22.0 Å². The summed E-state index contributed by atoms with van der Waals surface area (Å²) in [4.78, 5) is 23.6. The molecule has 0 bridgehead atoms. The van der Waals surface area contributed by atoms with Crippen LogP contribution in [0.5, 0.6) is 0 Å². The Balaban J connectivity index is 3.08. The van der Waals surface area contributed by atoms with Crippen LogP contribution in [-0.2, 0) is 9.59 Å². The molecule has 9 heteroatoms. The van der Waals surface area contributed by atoms with Crippen LogP contribution in [-0.4, -0.2) is 46.6 Å². The maximum atomic E-state index is 13.1. The Morgan fingerprint density at radius 3 is 2.25 bits per heavy atom. The quantitative estimate of drug-likeness (QED) is 0.569. The molecule has 1 amide bonds. The van der Waals surface area contributed by atoms with Gasteiger partial charge in [0.25, 0.3) is 0 Å². The molecule has 1 heterocycles. The van der Waals surface area contributed by atoms with Crippen molar-refractivity contribution >= 4 is 27.6 Å². The van der Waals surface area contributed by atoms with Gasteiger partial charge in [-0.05, 0) is 18.8 Å². The molecule has 2 unspecified atom stereocenters. The highest BCUT2D eigenvalue weighted by Gasteiger charge is 2.65. The molecule has 3 nitrogen and oxygen atoms in total. The monoisotopic (exact) mass is 365 g/mol. The Hall–Kier alpha value is -0.730. The summed E-state index contributed by atoms with van der Waals surface area (Å²) in [6.07, 6.45) is -5.19. The number of piperidine rings is 1. The molecule has 0 saturated carbocycles. The molecule has 1 aliphatic heterocycles. The normalized spacial score (nSPS) is 24.6. The summed E-state index contributed by atoms with van der Waals surface area (Å²) in [5.41, 5.74) is 0. The molecule has 1 rings (SSSR count). The largest absolute Gasteiger partial charge is 0.463 e. The van der Waals surface area contributed by atoms with Gasteiger partial charge in [-0.3, -0.25) is 9.59 Å². The minimum absolute atomic E-state index is 0.205. The lowest BCUT2D eigenvalue weighted by atomic mass is 9.88. The van der Waals surface area contributed by atoms with Crippen molar-refractivity contribution < 1.29 is 31.5 Å². The van der Waals surface area contributed by atoms with Gasteiger partial charge in [0.2, 0.25) is 0 Å². The summed E-state index contributed by atoms with van der Waals surface area (Å²) < 4.78 is 63.0. The highest BCUT2D eigenvalue weighted by Crippen LogP contribution is 2.39. The van der Waals surface area contributed by atoms with Crippen molar-refractivity contribution in [2.45, 2.75) is 37.9 Å². The average molecular weight is 366 g/mol. The Morgan fingerprint density at radius 2 is 1.80 bits per heavy atom. The number of carbonyl (C=O) groups is 2. The summed E-state index contributed by atoms with van der Waals surface area (Å²) in [6.45, 7) is 1.27. The molecule has 0 spiro atoms. The fourth-order valence-electron chi connectivity index (χ4n) is 2.29. The van der Waals surface area contributed by atoms with Gasteiger partial charge in [0, 0.05) is 6.54 Å². The molecule has 0 aromatic heterocycles. The second kappa shape index (κ2) is 5.95. The number of alkyl halides is 6. The third-order valence-electron chi connectivity index (χ3n) is 3.28. The van der Waals surface area contributed by atoms with Crippen LogP contribution in [0.15, 0.2) is 0 Å². The minimum atomic E-state index is -5.97. The van der Waals surface area contributed by atoms with E-state index in [-0.39, 0.29) is 18.3 Å². The Morgan fingerprint density at radius 1 is 1.25 bits per heavy atom. The summed E-state index contributed by atoms with van der Waals surface area (Å²) in [6, 6.07) is -1.25. The Kier molecular flexibility index (Phi) is 5.15. The van der Waals surface area contributed by atoms with Crippen molar-refractivity contribution in [1.82, 2.24) is 4.90 Å². The molecular formula is C11H13BrF5NO2. The van der Waals surface area contributed by atoms with Gasteiger partial charge in [-0.15, -0.1) is 0 Å². The first-order valence-corrected chi connectivity index (χ1v) is 7.00. The van der Waals surface area contributed by atoms with Gasteiger partial charge >= 0.3 is 18.0 Å². The number of ketones is 1. The molecule has 0 aromatic rings. The molecule has 0 N–H and O–H groups in total. The van der Waals surface area contributed by atoms with Crippen LogP contribution in [0.25, 0.3) is 0 Å². The van der Waals surface area contributed by atoms with Gasteiger partial charge in [-0.2, -0.15) is 22.0 Å². The van der Waals surface area contributed by atoms with Crippen LogP contribution >= 0.6 is 15.9 Å². The molecule has 116 valence electrons. The number of rotatable bonds is 3. The Labute approximate surface area is 120 Å². The number of likely N-dealkylation sites (tertiary alicyclic amines) is 1. The van der Waals surface area contributed by atoms with E-state index in [1.165, 1.54) is 0 Å². The zero-order chi connectivity index (χ0) is 15.7. The number of carbonyl (C=O) groups excluding carboxylic acids is 2. The highest BCUT2D eigenvalue weighted by atomic mass is 79.9. The Bertz CT molecular complexity index is 399. The second-order valence-electron chi connectivity index (χ2n) is 4.73. The van der Waals surface area contributed by atoms with Crippen LogP contribution < -0.4 is 0 Å². The molecule has 1 saturated heterocycles. The van der Waals surface area contributed by atoms with Crippen molar-refractivity contribution in [3.63, 3.8) is 0 Å². The lowest BCUT2D eigenvalue weighted by Crippen LogP contribution is -2.60. The van der Waals surface area contributed by atoms with E-state index in [0.717, 1.165) is 0 Å². The summed E-state index contributed by atoms with van der Waals surface area (Å²) in [5.74, 6) is -8.87. The average Bonchev–Trinajstić information content (AvgIpc) is 2.35. The minimum Gasteiger partial charge on any atom is -0.327 e. The van der Waals surface area contributed by atoms with Gasteiger partial charge in [0.15, 0.2) is 5.78 Å². The summed E-state index contributed by atoms with van der Waals surface area (Å²) in [7, 11) is 0. The van der Waals surface area contributed by atoms with E-state index >= 15 is 0 Å². The van der Waals surface area contributed by atoms with Gasteiger partial charge < -0.3 is 4.90 Å². The standard InChI is InChI=1S/C11H13BrF5NO2/c1-6-3-2-4-18(8(6)7(19)5-12)9(20)10(13,14)11(15,16)17/h6,8H,2-5H2,1H3. The molecule has 0 aliphatic carbocycles. The molecule has 0 radical (unpaired) electrons. The van der Waals surface area contributed by atoms with Crippen molar-refractivity contribution in [3.05, 3.63) is 0 Å². The molecule has 0 aromatic carbocycles. The van der Waals surface area contributed by atoms with E-state index in [4.69, 9.17) is 0 Å². The summed E-state index contributed by atoms with van der Waals surface area (Å²) >= 11 is 2.85. The van der Waals surface area contributed by atoms with Gasteiger partial charge in [0.05, 0.1) is 11.4 Å². The van der Waals surface area contributed by atoms with Crippen LogP contribution in [0.1, 0.15) is 19.8 Å². The maximum absolute atomic E-state index is 13.1. The van der Waals surface area contributed by atoms with Gasteiger partial charge in [0.1, 0.15) is 0 Å². The number of halogens is 6. The van der Waals surface area contributed by atoms with E-state index in [2.05, 4.69) is 15.9 Å². The van der Waals surface area contributed by atoms with Crippen molar-refractivity contribution in [2.24, 2.45) is 5.92 Å². The first-order valence-electron chi connectivity index (χ1n) is 5.88. The lowest BCUT2D eigenvalue weighted by Gasteiger charge is -2.40. The number of nitrogens with zero attached hydrogens (tertiary/aromatic N) is 1. The zero-order valence-corrected chi connectivity index (χ0v) is 12.1. The molecule has 1 fully saturated rings. The van der Waals surface area contributed by atoms with Crippen LogP contribution in [0.3, 0.4) is 0 Å². The van der Waals surface area contributed by atoms with Crippen molar-refractivity contribution in [2.75, 3.05) is 11.9 Å². The number of hydrogen-bond acceptors (Lipinski definition) is 2. The molecule has 2 atom stereocenters. The van der Waals surface area contributed by atoms with E-state index in [9.17, 15) is 31.5 Å². The van der Waals surface area contributed by atoms with Crippen LogP contribution in [0.2, 0.25) is 0 Å². The zero-order valence-electron chi connectivity index (χ0n) is 10.5. The molecule has 1 aliphatic rings. The molecule has 20 heavy (non-hydrogen) atoms. The van der Waals surface area contributed by atoms with E-state index in [0.29, 0.717) is 11.3 Å². The van der Waals surface area contributed by atoms with Crippen LogP contribution in [0, 0.1) is 5.92 Å². The third-order valence-corrected chi connectivity index (χ3v) is 3.83. The van der Waals surface area contributed by atoms with Gasteiger partial charge in [-0.1, -0.05) is 22.9 Å². The fraction of sp³-hybridized carbons (Fsp3) is 0.818. The van der Waals surface area contributed by atoms with Gasteiger partial charge in [-0.25, -0.2) is 0 Å². The van der Waals surface area contributed by atoms with E-state index in [1.54, 1.807) is 6.92 Å². The number of Topliss-reactive ketones (excluding diaryl/α,β-unsaturated/α-hetero) is 1. The fourth-order valence-corrected chi connectivity index (χ4v) is 2.62. The third kappa shape index (κ3) is 3.12. The highest BCUT2D eigenvalue weighted by molar-refractivity contribution is 9.09. The summed E-state index contributed by atoms with van der Waals surface area (Å²) in [5, 5.41) is -0.205. The SMILES string of the molecule is CC1CCCN(C(=O)C(F)(F)C(F)(F)F)C1C(=O)CBr. The first kappa shape index (κ1) is 17.3. The smallest absolute Gasteiger partial charge is 0.327 e. The first-order chi connectivity index (χ1) is 9.04. The molecular weight excluding hydrogens is 353 g/mol. The van der Waals surface area contributed by atoms with Crippen molar-refractivity contribution in [3.8, 4) is 0 Å². The number of hydrogen-bond donors (Lipinski definition) is 0. The maximum Gasteiger partial charge on any atom is 0.463 e. The van der Waals surface area contributed by atoms with E-state index < -0.39 is 35.7 Å². The topological polar surface area (TPSA) is 37.4 Å². The second-order valence-corrected chi connectivity index (χ2v) is 5.30. The predicted octanol–water partition coefficient (Wildman–Crippen LogP) is 2.78. The van der Waals surface area contributed by atoms with Crippen molar-refractivity contribution in [1.29, 1.82) is 0 Å². The lowest BCUT2D eigenvalue weighted by molar-refractivity contribution is -0.275.